The molecular weight excluding hydrogens is 441 g/mol. The lowest BCUT2D eigenvalue weighted by Crippen LogP contribution is -2.25. The van der Waals surface area contributed by atoms with Gasteiger partial charge in [0, 0.05) is 41.7 Å². The zero-order chi connectivity index (χ0) is 21.0. The zero-order valence-corrected chi connectivity index (χ0v) is 19.1. The van der Waals surface area contributed by atoms with Gasteiger partial charge in [-0.15, -0.1) is 12.4 Å². The first-order chi connectivity index (χ1) is 15.2. The van der Waals surface area contributed by atoms with Crippen molar-refractivity contribution in [3.63, 3.8) is 0 Å². The van der Waals surface area contributed by atoms with E-state index in [1.54, 1.807) is 0 Å². The minimum atomic E-state index is 0. The van der Waals surface area contributed by atoms with Gasteiger partial charge in [-0.05, 0) is 35.9 Å². The molecule has 1 atom stereocenters. The van der Waals surface area contributed by atoms with Crippen LogP contribution in [0.5, 0.6) is 5.75 Å². The highest BCUT2D eigenvalue weighted by molar-refractivity contribution is 6.30. The molecule has 1 aliphatic heterocycles. The van der Waals surface area contributed by atoms with Gasteiger partial charge in [-0.1, -0.05) is 60.1 Å². The molecule has 164 valence electrons. The van der Waals surface area contributed by atoms with E-state index in [4.69, 9.17) is 21.3 Å². The Hall–Kier alpha value is -2.95. The molecule has 0 radical (unpaired) electrons. The van der Waals surface area contributed by atoms with Crippen molar-refractivity contribution in [2.75, 3.05) is 23.3 Å². The number of fused-ring (bicyclic) bond motifs is 1. The Morgan fingerprint density at radius 3 is 2.53 bits per heavy atom. The molecule has 0 saturated carbocycles. The Labute approximate surface area is 199 Å². The van der Waals surface area contributed by atoms with Gasteiger partial charge in [0.1, 0.15) is 17.7 Å². The van der Waals surface area contributed by atoms with Crippen LogP contribution in [0.4, 0.5) is 11.5 Å². The number of para-hydroxylation sites is 2. The van der Waals surface area contributed by atoms with Gasteiger partial charge in [-0.2, -0.15) is 0 Å². The van der Waals surface area contributed by atoms with Gasteiger partial charge in [0.15, 0.2) is 0 Å². The van der Waals surface area contributed by atoms with Crippen LogP contribution in [-0.2, 0) is 6.54 Å². The number of anilines is 2. The molecule has 32 heavy (non-hydrogen) atoms. The molecular formula is C26H25Cl2N3O. The third kappa shape index (κ3) is 5.09. The van der Waals surface area contributed by atoms with E-state index in [1.165, 1.54) is 16.6 Å². The lowest BCUT2D eigenvalue weighted by Gasteiger charge is -2.22. The number of hydrogen-bond donors (Lipinski definition) is 1. The van der Waals surface area contributed by atoms with Crippen LogP contribution >= 0.6 is 24.0 Å². The van der Waals surface area contributed by atoms with Crippen molar-refractivity contribution in [1.29, 1.82) is 0 Å². The van der Waals surface area contributed by atoms with Crippen LogP contribution in [-0.4, -0.2) is 24.2 Å². The van der Waals surface area contributed by atoms with Gasteiger partial charge in [0.05, 0.1) is 12.1 Å². The van der Waals surface area contributed by atoms with Crippen molar-refractivity contribution >= 4 is 46.4 Å². The Kier molecular flexibility index (Phi) is 7.03. The molecule has 1 saturated heterocycles. The van der Waals surface area contributed by atoms with Crippen LogP contribution in [0.1, 0.15) is 12.0 Å². The molecule has 0 amide bonds. The number of ether oxygens (including phenoxy) is 1. The average molecular weight is 466 g/mol. The van der Waals surface area contributed by atoms with Crippen molar-refractivity contribution < 1.29 is 4.74 Å². The topological polar surface area (TPSA) is 37.4 Å². The molecule has 3 aromatic carbocycles. The summed E-state index contributed by atoms with van der Waals surface area (Å²) in [7, 11) is 0. The maximum atomic E-state index is 6.20. The lowest BCUT2D eigenvalue weighted by molar-refractivity contribution is 0.225. The van der Waals surface area contributed by atoms with E-state index >= 15 is 0 Å². The van der Waals surface area contributed by atoms with E-state index < -0.39 is 0 Å². The van der Waals surface area contributed by atoms with E-state index in [1.807, 2.05) is 60.7 Å². The maximum Gasteiger partial charge on any atom is 0.129 e. The summed E-state index contributed by atoms with van der Waals surface area (Å²) in [4.78, 5) is 7.24. The van der Waals surface area contributed by atoms with E-state index in [2.05, 4.69) is 34.5 Å². The predicted molar refractivity (Wildman–Crippen MR) is 135 cm³/mol. The number of hydrogen-bond acceptors (Lipinski definition) is 4. The number of nitrogens with one attached hydrogen (secondary N) is 1. The molecule has 1 fully saturated rings. The summed E-state index contributed by atoms with van der Waals surface area (Å²) in [6.45, 7) is 2.52. The molecule has 0 aliphatic carbocycles. The maximum absolute atomic E-state index is 6.20. The van der Waals surface area contributed by atoms with Crippen LogP contribution in [0.25, 0.3) is 10.9 Å². The minimum absolute atomic E-state index is 0. The first-order valence-electron chi connectivity index (χ1n) is 10.6. The quantitative estimate of drug-likeness (QED) is 0.348. The highest BCUT2D eigenvalue weighted by Gasteiger charge is 2.26. The Morgan fingerprint density at radius 2 is 1.72 bits per heavy atom. The molecule has 0 spiro atoms. The molecule has 0 bridgehead atoms. The summed E-state index contributed by atoms with van der Waals surface area (Å²) in [5.41, 5.74) is 3.35. The zero-order valence-electron chi connectivity index (χ0n) is 17.6. The summed E-state index contributed by atoms with van der Waals surface area (Å²) < 4.78 is 6.20. The Balaban J connectivity index is 0.00000245. The second kappa shape index (κ2) is 10.1. The van der Waals surface area contributed by atoms with Crippen molar-refractivity contribution in [3.05, 3.63) is 95.5 Å². The number of rotatable bonds is 6. The third-order valence-corrected chi connectivity index (χ3v) is 5.86. The molecule has 1 aliphatic rings. The SMILES string of the molecule is Cl.Clc1ccc(CNc2cc(N3CCC(Oc4ccccc4)C3)c3ccccc3n2)cc1. The van der Waals surface area contributed by atoms with Gasteiger partial charge < -0.3 is 15.0 Å². The molecule has 1 unspecified atom stereocenters. The van der Waals surface area contributed by atoms with Gasteiger partial charge in [0.25, 0.3) is 0 Å². The van der Waals surface area contributed by atoms with Crippen LogP contribution in [0.15, 0.2) is 84.9 Å². The highest BCUT2D eigenvalue weighted by Crippen LogP contribution is 2.32. The van der Waals surface area contributed by atoms with Crippen molar-refractivity contribution in [1.82, 2.24) is 4.98 Å². The van der Waals surface area contributed by atoms with Crippen molar-refractivity contribution in [2.24, 2.45) is 0 Å². The number of aromatic nitrogens is 1. The van der Waals surface area contributed by atoms with E-state index in [-0.39, 0.29) is 18.5 Å². The molecule has 1 N–H and O–H groups in total. The Bertz CT molecular complexity index is 1170. The first kappa shape index (κ1) is 22.3. The molecule has 4 aromatic rings. The fourth-order valence-corrected chi connectivity index (χ4v) is 4.16. The van der Waals surface area contributed by atoms with Crippen LogP contribution in [0, 0.1) is 0 Å². The summed E-state index contributed by atoms with van der Waals surface area (Å²) in [5.74, 6) is 1.80. The minimum Gasteiger partial charge on any atom is -0.489 e. The van der Waals surface area contributed by atoms with Crippen LogP contribution in [0.3, 0.4) is 0 Å². The fourth-order valence-electron chi connectivity index (χ4n) is 4.04. The van der Waals surface area contributed by atoms with Crippen LogP contribution < -0.4 is 15.0 Å². The first-order valence-corrected chi connectivity index (χ1v) is 11.0. The second-order valence-corrected chi connectivity index (χ2v) is 8.25. The van der Waals surface area contributed by atoms with Gasteiger partial charge in [0.2, 0.25) is 0 Å². The molecule has 1 aromatic heterocycles. The van der Waals surface area contributed by atoms with Gasteiger partial charge >= 0.3 is 0 Å². The Morgan fingerprint density at radius 1 is 0.969 bits per heavy atom. The predicted octanol–water partition coefficient (Wildman–Crippen LogP) is 6.58. The van der Waals surface area contributed by atoms with E-state index in [0.717, 1.165) is 41.6 Å². The van der Waals surface area contributed by atoms with Crippen LogP contribution in [0.2, 0.25) is 5.02 Å². The lowest BCUT2D eigenvalue weighted by atomic mass is 10.1. The number of halogens is 2. The summed E-state index contributed by atoms with van der Waals surface area (Å²) in [5, 5.41) is 5.39. The number of nitrogens with zero attached hydrogens (tertiary/aromatic N) is 2. The smallest absolute Gasteiger partial charge is 0.129 e. The van der Waals surface area contributed by atoms with Crippen molar-refractivity contribution in [3.8, 4) is 5.75 Å². The van der Waals surface area contributed by atoms with Crippen molar-refractivity contribution in [2.45, 2.75) is 19.1 Å². The number of pyridine rings is 1. The highest BCUT2D eigenvalue weighted by atomic mass is 35.5. The molecule has 4 nitrogen and oxygen atoms in total. The summed E-state index contributed by atoms with van der Waals surface area (Å²) in [6.07, 6.45) is 1.18. The molecule has 6 heteroatoms. The average Bonchev–Trinajstić information content (AvgIpc) is 3.27. The molecule has 5 rings (SSSR count). The number of benzene rings is 3. The third-order valence-electron chi connectivity index (χ3n) is 5.61. The van der Waals surface area contributed by atoms with E-state index in [0.29, 0.717) is 6.54 Å². The normalized spacial score (nSPS) is 15.4. The second-order valence-electron chi connectivity index (χ2n) is 7.81. The molecule has 2 heterocycles. The van der Waals surface area contributed by atoms with Gasteiger partial charge in [-0.25, -0.2) is 4.98 Å². The van der Waals surface area contributed by atoms with Gasteiger partial charge in [-0.3, -0.25) is 0 Å². The fraction of sp³-hybridized carbons (Fsp3) is 0.192. The van der Waals surface area contributed by atoms with E-state index in [9.17, 15) is 0 Å². The standard InChI is InChI=1S/C26H24ClN3O.ClH/c27-20-12-10-19(11-13-20)17-28-26-16-25(23-8-4-5-9-24(23)29-26)30-15-14-22(18-30)31-21-6-2-1-3-7-21;/h1-13,16,22H,14-15,17-18H2,(H,28,29);1H. The summed E-state index contributed by atoms with van der Waals surface area (Å²) >= 11 is 6.00. The summed E-state index contributed by atoms with van der Waals surface area (Å²) in [6, 6.07) is 28.4. The largest absolute Gasteiger partial charge is 0.489 e. The monoisotopic (exact) mass is 465 g/mol.